The molecule has 1 saturated heterocycles. The Kier molecular flexibility index (Phi) is 8.12. The first kappa shape index (κ1) is 25.0. The third-order valence-corrected chi connectivity index (χ3v) is 5.40. The molecule has 2 amide bonds. The van der Waals surface area contributed by atoms with E-state index < -0.39 is 11.6 Å². The van der Waals surface area contributed by atoms with Gasteiger partial charge in [0.2, 0.25) is 11.8 Å². The van der Waals surface area contributed by atoms with Crippen LogP contribution in [-0.2, 0) is 25.5 Å². The molecule has 0 bridgehead atoms. The Balaban J connectivity index is 1.56. The minimum absolute atomic E-state index is 0.0149. The lowest BCUT2D eigenvalue weighted by Crippen LogP contribution is -2.42. The van der Waals surface area contributed by atoms with Gasteiger partial charge in [-0.15, -0.1) is 0 Å². The smallest absolute Gasteiger partial charge is 0.310 e. The highest BCUT2D eigenvalue weighted by Crippen LogP contribution is 2.20. The highest BCUT2D eigenvalue weighted by atomic mass is 16.6. The standard InChI is InChI=1S/C28H32N2O4/c1-5-25(31)30-18-6-7-24(30)27(33)29-23-16-14-21(15-17-23)9-8-20-10-12-22(13-11-20)19-26(32)34-28(2,3)4/h10-17,24H,5-7,18-19H2,1-4H3,(H,29,33). The van der Waals surface area contributed by atoms with Crippen molar-refractivity contribution >= 4 is 23.5 Å². The molecule has 1 aliphatic heterocycles. The fourth-order valence-electron chi connectivity index (χ4n) is 3.80. The van der Waals surface area contributed by atoms with Crippen molar-refractivity contribution in [1.29, 1.82) is 0 Å². The molecular weight excluding hydrogens is 428 g/mol. The number of amides is 2. The molecule has 1 aliphatic rings. The molecule has 2 aromatic carbocycles. The molecule has 1 heterocycles. The van der Waals surface area contributed by atoms with Gasteiger partial charge in [0.1, 0.15) is 11.6 Å². The number of likely N-dealkylation sites (tertiary alicyclic amines) is 1. The zero-order valence-corrected chi connectivity index (χ0v) is 20.3. The summed E-state index contributed by atoms with van der Waals surface area (Å²) in [5.74, 6) is 5.83. The molecule has 6 heteroatoms. The third kappa shape index (κ3) is 7.21. The summed E-state index contributed by atoms with van der Waals surface area (Å²) in [7, 11) is 0. The molecule has 1 fully saturated rings. The Labute approximate surface area is 201 Å². The van der Waals surface area contributed by atoms with Gasteiger partial charge in [-0.25, -0.2) is 0 Å². The number of benzene rings is 2. The van der Waals surface area contributed by atoms with E-state index in [0.29, 0.717) is 25.1 Å². The number of nitrogens with zero attached hydrogens (tertiary/aromatic N) is 1. The van der Waals surface area contributed by atoms with Crippen molar-refractivity contribution in [2.24, 2.45) is 0 Å². The molecule has 6 nitrogen and oxygen atoms in total. The zero-order valence-electron chi connectivity index (χ0n) is 20.3. The van der Waals surface area contributed by atoms with Gasteiger partial charge in [0.05, 0.1) is 6.42 Å². The van der Waals surface area contributed by atoms with E-state index in [9.17, 15) is 14.4 Å². The zero-order chi connectivity index (χ0) is 24.7. The molecule has 1 atom stereocenters. The van der Waals surface area contributed by atoms with Gasteiger partial charge < -0.3 is 15.0 Å². The summed E-state index contributed by atoms with van der Waals surface area (Å²) in [5.41, 5.74) is 2.72. The van der Waals surface area contributed by atoms with E-state index in [1.54, 1.807) is 4.90 Å². The van der Waals surface area contributed by atoms with E-state index in [4.69, 9.17) is 4.74 Å². The molecule has 0 aliphatic carbocycles. The van der Waals surface area contributed by atoms with Crippen LogP contribution in [0.4, 0.5) is 5.69 Å². The maximum Gasteiger partial charge on any atom is 0.310 e. The van der Waals surface area contributed by atoms with Crippen molar-refractivity contribution in [1.82, 2.24) is 4.90 Å². The van der Waals surface area contributed by atoms with Crippen molar-refractivity contribution in [2.45, 2.75) is 65.0 Å². The monoisotopic (exact) mass is 460 g/mol. The van der Waals surface area contributed by atoms with Crippen LogP contribution in [-0.4, -0.2) is 40.9 Å². The maximum absolute atomic E-state index is 12.6. The van der Waals surface area contributed by atoms with Gasteiger partial charge >= 0.3 is 5.97 Å². The first-order valence-corrected chi connectivity index (χ1v) is 11.7. The molecular formula is C28H32N2O4. The Morgan fingerprint density at radius 2 is 1.59 bits per heavy atom. The number of carbonyl (C=O) groups is 3. The van der Waals surface area contributed by atoms with Crippen LogP contribution < -0.4 is 5.32 Å². The van der Waals surface area contributed by atoms with Gasteiger partial charge in [-0.05, 0) is 75.6 Å². The van der Waals surface area contributed by atoms with E-state index in [0.717, 1.165) is 23.1 Å². The number of nitrogens with one attached hydrogen (secondary N) is 1. The van der Waals surface area contributed by atoms with E-state index in [1.807, 2.05) is 76.2 Å². The van der Waals surface area contributed by atoms with Crippen LogP contribution in [0.3, 0.4) is 0 Å². The number of anilines is 1. The van der Waals surface area contributed by atoms with Gasteiger partial charge in [-0.2, -0.15) is 0 Å². The van der Waals surface area contributed by atoms with Crippen molar-refractivity contribution < 1.29 is 19.1 Å². The van der Waals surface area contributed by atoms with Crippen molar-refractivity contribution in [3.8, 4) is 11.8 Å². The topological polar surface area (TPSA) is 75.7 Å². The van der Waals surface area contributed by atoms with Crippen LogP contribution in [0.2, 0.25) is 0 Å². The van der Waals surface area contributed by atoms with Gasteiger partial charge in [0.15, 0.2) is 0 Å². The molecule has 34 heavy (non-hydrogen) atoms. The predicted octanol–water partition coefficient (Wildman–Crippen LogP) is 4.31. The third-order valence-electron chi connectivity index (χ3n) is 5.40. The summed E-state index contributed by atoms with van der Waals surface area (Å²) in [4.78, 5) is 38.3. The summed E-state index contributed by atoms with van der Waals surface area (Å²) >= 11 is 0. The average molecular weight is 461 g/mol. The summed E-state index contributed by atoms with van der Waals surface area (Å²) in [6, 6.07) is 14.4. The SMILES string of the molecule is CCC(=O)N1CCCC1C(=O)Nc1ccc(C#Cc2ccc(CC(=O)OC(C)(C)C)cc2)cc1. The largest absolute Gasteiger partial charge is 0.460 e. The second kappa shape index (κ2) is 11.0. The van der Waals surface area contributed by atoms with E-state index >= 15 is 0 Å². The highest BCUT2D eigenvalue weighted by Gasteiger charge is 2.33. The Bertz CT molecular complexity index is 1090. The first-order valence-electron chi connectivity index (χ1n) is 11.7. The summed E-state index contributed by atoms with van der Waals surface area (Å²) in [6.07, 6.45) is 2.17. The van der Waals surface area contributed by atoms with Crippen molar-refractivity contribution in [3.63, 3.8) is 0 Å². The molecule has 1 N–H and O–H groups in total. The number of carbonyl (C=O) groups excluding carboxylic acids is 3. The lowest BCUT2D eigenvalue weighted by atomic mass is 10.1. The molecule has 0 aromatic heterocycles. The molecule has 2 aromatic rings. The fraction of sp³-hybridized carbons (Fsp3) is 0.393. The summed E-state index contributed by atoms with van der Waals surface area (Å²) < 4.78 is 5.35. The second-order valence-electron chi connectivity index (χ2n) is 9.38. The summed E-state index contributed by atoms with van der Waals surface area (Å²) in [5, 5.41) is 2.91. The lowest BCUT2D eigenvalue weighted by molar-refractivity contribution is -0.153. The number of esters is 1. The number of hydrogen-bond donors (Lipinski definition) is 1. The Morgan fingerprint density at radius 1 is 1.00 bits per heavy atom. The minimum atomic E-state index is -0.494. The van der Waals surface area contributed by atoms with Crippen LogP contribution >= 0.6 is 0 Å². The molecule has 178 valence electrons. The Morgan fingerprint density at radius 3 is 2.15 bits per heavy atom. The molecule has 0 radical (unpaired) electrons. The molecule has 3 rings (SSSR count). The van der Waals surface area contributed by atoms with Crippen LogP contribution in [0.15, 0.2) is 48.5 Å². The van der Waals surface area contributed by atoms with E-state index in [2.05, 4.69) is 17.2 Å². The first-order chi connectivity index (χ1) is 16.1. The van der Waals surface area contributed by atoms with Gasteiger partial charge in [-0.1, -0.05) is 30.9 Å². The van der Waals surface area contributed by atoms with Crippen molar-refractivity contribution in [2.75, 3.05) is 11.9 Å². The Hall–Kier alpha value is -3.59. The van der Waals surface area contributed by atoms with Crippen LogP contribution in [0.25, 0.3) is 0 Å². The number of ether oxygens (including phenoxy) is 1. The van der Waals surface area contributed by atoms with Gasteiger partial charge in [0, 0.05) is 29.8 Å². The van der Waals surface area contributed by atoms with E-state index in [-0.39, 0.29) is 24.2 Å². The van der Waals surface area contributed by atoms with Crippen LogP contribution in [0.5, 0.6) is 0 Å². The summed E-state index contributed by atoms with van der Waals surface area (Å²) in [6.45, 7) is 8.00. The number of rotatable bonds is 5. The normalized spacial score (nSPS) is 15.3. The fourth-order valence-corrected chi connectivity index (χ4v) is 3.80. The maximum atomic E-state index is 12.6. The quantitative estimate of drug-likeness (QED) is 0.533. The lowest BCUT2D eigenvalue weighted by Gasteiger charge is -2.23. The highest BCUT2D eigenvalue weighted by molar-refractivity contribution is 5.97. The molecule has 0 saturated carbocycles. The van der Waals surface area contributed by atoms with Gasteiger partial charge in [-0.3, -0.25) is 14.4 Å². The average Bonchev–Trinajstić information content (AvgIpc) is 3.28. The molecule has 1 unspecified atom stereocenters. The number of hydrogen-bond acceptors (Lipinski definition) is 4. The van der Waals surface area contributed by atoms with E-state index in [1.165, 1.54) is 0 Å². The van der Waals surface area contributed by atoms with Crippen LogP contribution in [0, 0.1) is 11.8 Å². The van der Waals surface area contributed by atoms with Crippen molar-refractivity contribution in [3.05, 3.63) is 65.2 Å². The van der Waals surface area contributed by atoms with Gasteiger partial charge in [0.25, 0.3) is 0 Å². The minimum Gasteiger partial charge on any atom is -0.460 e. The molecule has 0 spiro atoms. The second-order valence-corrected chi connectivity index (χ2v) is 9.38. The predicted molar refractivity (Wildman–Crippen MR) is 132 cm³/mol. The van der Waals surface area contributed by atoms with Crippen LogP contribution in [0.1, 0.15) is 63.6 Å².